The smallest absolute Gasteiger partial charge is 0.248 e. The van der Waals surface area contributed by atoms with Crippen molar-refractivity contribution in [3.05, 3.63) is 59.1 Å². The van der Waals surface area contributed by atoms with Gasteiger partial charge in [-0.15, -0.1) is 0 Å². The number of carbonyl (C=O) groups is 2. The van der Waals surface area contributed by atoms with Crippen molar-refractivity contribution in [3.63, 3.8) is 0 Å². The van der Waals surface area contributed by atoms with Crippen LogP contribution in [-0.4, -0.2) is 32.1 Å². The lowest BCUT2D eigenvalue weighted by molar-refractivity contribution is -0.114. The molecule has 0 aliphatic rings. The van der Waals surface area contributed by atoms with Crippen LogP contribution in [0.25, 0.3) is 6.08 Å². The molecule has 0 heterocycles. The van der Waals surface area contributed by atoms with Crippen molar-refractivity contribution in [2.45, 2.75) is 6.92 Å². The highest BCUT2D eigenvalue weighted by Crippen LogP contribution is 2.32. The zero-order valence-electron chi connectivity index (χ0n) is 15.1. The molecule has 2 rings (SSSR count). The number of ether oxygens (including phenoxy) is 2. The van der Waals surface area contributed by atoms with E-state index >= 15 is 0 Å². The Morgan fingerprint density at radius 3 is 2.48 bits per heavy atom. The number of anilines is 2. The fraction of sp³-hybridized carbons (Fsp3) is 0.200. The maximum atomic E-state index is 12.2. The number of methoxy groups -OCH3 is 1. The highest BCUT2D eigenvalue weighted by molar-refractivity contribution is 6.32. The zero-order chi connectivity index (χ0) is 19.6. The summed E-state index contributed by atoms with van der Waals surface area (Å²) in [4.78, 5) is 23.2. The van der Waals surface area contributed by atoms with E-state index < -0.39 is 0 Å². The van der Waals surface area contributed by atoms with Gasteiger partial charge < -0.3 is 20.1 Å². The summed E-state index contributed by atoms with van der Waals surface area (Å²) in [6, 6.07) is 12.2. The molecule has 0 saturated heterocycles. The Bertz CT molecular complexity index is 819. The van der Waals surface area contributed by atoms with Crippen molar-refractivity contribution in [2.24, 2.45) is 0 Å². The molecule has 2 N–H and O–H groups in total. The Labute approximate surface area is 163 Å². The van der Waals surface area contributed by atoms with Crippen molar-refractivity contribution >= 4 is 40.9 Å². The molecule has 2 aromatic rings. The highest BCUT2D eigenvalue weighted by atomic mass is 35.5. The zero-order valence-corrected chi connectivity index (χ0v) is 15.9. The molecule has 7 heteroatoms. The maximum Gasteiger partial charge on any atom is 0.248 e. The van der Waals surface area contributed by atoms with Crippen LogP contribution in [0.15, 0.2) is 48.5 Å². The van der Waals surface area contributed by atoms with Gasteiger partial charge in [-0.1, -0.05) is 29.8 Å². The van der Waals surface area contributed by atoms with Crippen molar-refractivity contribution < 1.29 is 19.1 Å². The van der Waals surface area contributed by atoms with Gasteiger partial charge >= 0.3 is 0 Å². The molecule has 27 heavy (non-hydrogen) atoms. The summed E-state index contributed by atoms with van der Waals surface area (Å²) >= 11 is 6.15. The Hall–Kier alpha value is -2.83. The number of carbonyl (C=O) groups excluding carboxylic acids is 2. The third-order valence-electron chi connectivity index (χ3n) is 3.42. The Balaban J connectivity index is 2.01. The Morgan fingerprint density at radius 1 is 1.07 bits per heavy atom. The van der Waals surface area contributed by atoms with Crippen LogP contribution in [0.4, 0.5) is 11.4 Å². The van der Waals surface area contributed by atoms with Crippen molar-refractivity contribution in [1.29, 1.82) is 0 Å². The van der Waals surface area contributed by atoms with Crippen LogP contribution in [0.1, 0.15) is 12.5 Å². The Kier molecular flexibility index (Phi) is 7.85. The Morgan fingerprint density at radius 2 is 1.81 bits per heavy atom. The van der Waals surface area contributed by atoms with E-state index in [2.05, 4.69) is 10.6 Å². The van der Waals surface area contributed by atoms with E-state index in [0.717, 1.165) is 5.56 Å². The van der Waals surface area contributed by atoms with Gasteiger partial charge in [0, 0.05) is 25.8 Å². The fourth-order valence-electron chi connectivity index (χ4n) is 2.21. The summed E-state index contributed by atoms with van der Waals surface area (Å²) in [5.74, 6) is -0.0554. The minimum absolute atomic E-state index is 0.136. The van der Waals surface area contributed by atoms with Gasteiger partial charge in [0.15, 0.2) is 5.75 Å². The number of hydrogen-bond donors (Lipinski definition) is 2. The minimum atomic E-state index is -0.320. The molecule has 0 aromatic heterocycles. The molecular formula is C20H21ClN2O4. The number of halogens is 1. The maximum absolute atomic E-state index is 12.2. The van der Waals surface area contributed by atoms with Crippen LogP contribution < -0.4 is 15.4 Å². The van der Waals surface area contributed by atoms with E-state index in [1.165, 1.54) is 13.0 Å². The molecule has 0 bridgehead atoms. The van der Waals surface area contributed by atoms with Crippen molar-refractivity contribution in [2.75, 3.05) is 31.0 Å². The second-order valence-corrected chi connectivity index (χ2v) is 5.99. The van der Waals surface area contributed by atoms with Crippen LogP contribution in [0.3, 0.4) is 0 Å². The van der Waals surface area contributed by atoms with Crippen molar-refractivity contribution in [1.82, 2.24) is 0 Å². The van der Waals surface area contributed by atoms with E-state index in [9.17, 15) is 9.59 Å². The predicted molar refractivity (Wildman–Crippen MR) is 107 cm³/mol. The summed E-state index contributed by atoms with van der Waals surface area (Å²) < 4.78 is 10.5. The first-order chi connectivity index (χ1) is 13.0. The first kappa shape index (κ1) is 20.5. The molecule has 0 fully saturated rings. The van der Waals surface area contributed by atoms with Crippen LogP contribution in [0.2, 0.25) is 5.02 Å². The molecule has 0 aliphatic heterocycles. The molecule has 0 unspecified atom stereocenters. The van der Waals surface area contributed by atoms with Gasteiger partial charge in [0.1, 0.15) is 6.61 Å². The summed E-state index contributed by atoms with van der Waals surface area (Å²) in [6.07, 6.45) is 3.08. The van der Waals surface area contributed by atoms with Gasteiger partial charge in [-0.3, -0.25) is 9.59 Å². The van der Waals surface area contributed by atoms with E-state index in [1.807, 2.05) is 0 Å². The molecule has 2 amide bonds. The first-order valence-corrected chi connectivity index (χ1v) is 8.64. The average molecular weight is 389 g/mol. The third kappa shape index (κ3) is 6.77. The van der Waals surface area contributed by atoms with Crippen LogP contribution in [0, 0.1) is 0 Å². The average Bonchev–Trinajstić information content (AvgIpc) is 2.63. The number of hydrogen-bond acceptors (Lipinski definition) is 4. The predicted octanol–water partition coefficient (Wildman–Crippen LogP) is 3.98. The van der Waals surface area contributed by atoms with Gasteiger partial charge in [-0.25, -0.2) is 0 Å². The summed E-state index contributed by atoms with van der Waals surface area (Å²) in [5.41, 5.74) is 2.00. The van der Waals surface area contributed by atoms with Gasteiger partial charge in [-0.2, -0.15) is 0 Å². The molecule has 0 atom stereocenters. The summed E-state index contributed by atoms with van der Waals surface area (Å²) in [5, 5.41) is 5.84. The molecular weight excluding hydrogens is 368 g/mol. The molecule has 0 aliphatic carbocycles. The first-order valence-electron chi connectivity index (χ1n) is 8.26. The van der Waals surface area contributed by atoms with E-state index in [1.54, 1.807) is 55.7 Å². The van der Waals surface area contributed by atoms with E-state index in [4.69, 9.17) is 21.1 Å². The second-order valence-electron chi connectivity index (χ2n) is 5.58. The molecule has 6 nitrogen and oxygen atoms in total. The molecule has 0 radical (unpaired) electrons. The molecule has 0 saturated carbocycles. The normalized spacial score (nSPS) is 10.6. The topological polar surface area (TPSA) is 76.7 Å². The summed E-state index contributed by atoms with van der Waals surface area (Å²) in [6.45, 7) is 2.17. The monoisotopic (exact) mass is 388 g/mol. The van der Waals surface area contributed by atoms with E-state index in [0.29, 0.717) is 35.4 Å². The van der Waals surface area contributed by atoms with Crippen molar-refractivity contribution in [3.8, 4) is 5.75 Å². The molecule has 2 aromatic carbocycles. The number of para-hydroxylation sites is 1. The van der Waals surface area contributed by atoms with Gasteiger partial charge in [-0.05, 0) is 35.9 Å². The molecule has 142 valence electrons. The fourth-order valence-corrected chi connectivity index (χ4v) is 2.44. The number of rotatable bonds is 8. The summed E-state index contributed by atoms with van der Waals surface area (Å²) in [7, 11) is 1.58. The van der Waals surface area contributed by atoms with Crippen LogP contribution >= 0.6 is 11.6 Å². The lowest BCUT2D eigenvalue weighted by Gasteiger charge is -2.13. The standard InChI is InChI=1S/C20H21ClN2O4/c1-14(24)22-16-9-6-15(7-10-16)8-11-19(25)23-18-5-3-4-17(21)20(18)27-13-12-26-2/h3-11H,12-13H2,1-2H3,(H,22,24)(H,23,25)/b11-8+. The lowest BCUT2D eigenvalue weighted by atomic mass is 10.2. The minimum Gasteiger partial charge on any atom is -0.487 e. The van der Waals surface area contributed by atoms with Crippen LogP contribution in [-0.2, 0) is 14.3 Å². The second kappa shape index (κ2) is 10.4. The third-order valence-corrected chi connectivity index (χ3v) is 3.71. The van der Waals surface area contributed by atoms with Crippen LogP contribution in [0.5, 0.6) is 5.75 Å². The number of benzene rings is 2. The quantitative estimate of drug-likeness (QED) is 0.529. The number of nitrogens with one attached hydrogen (secondary N) is 2. The van der Waals surface area contributed by atoms with Gasteiger partial charge in [0.25, 0.3) is 0 Å². The SMILES string of the molecule is COCCOc1c(Cl)cccc1NC(=O)/C=C/c1ccc(NC(C)=O)cc1. The lowest BCUT2D eigenvalue weighted by Crippen LogP contribution is -2.11. The largest absolute Gasteiger partial charge is 0.487 e. The van der Waals surface area contributed by atoms with E-state index in [-0.39, 0.29) is 11.8 Å². The number of amides is 2. The van der Waals surface area contributed by atoms with Gasteiger partial charge in [0.2, 0.25) is 11.8 Å². The molecule has 0 spiro atoms. The highest BCUT2D eigenvalue weighted by Gasteiger charge is 2.10. The van der Waals surface area contributed by atoms with Gasteiger partial charge in [0.05, 0.1) is 17.3 Å².